The van der Waals surface area contributed by atoms with Crippen molar-refractivity contribution in [1.29, 1.82) is 0 Å². The van der Waals surface area contributed by atoms with E-state index in [4.69, 9.17) is 9.84 Å². The minimum atomic E-state index is -4.00. The molecule has 4 rings (SSSR count). The largest absolute Gasteiger partial charge is 0.490 e. The highest BCUT2D eigenvalue weighted by Crippen LogP contribution is 2.34. The first kappa shape index (κ1) is 21.9. The highest BCUT2D eigenvalue weighted by molar-refractivity contribution is 7.92. The fourth-order valence-electron chi connectivity index (χ4n) is 3.87. The van der Waals surface area contributed by atoms with Gasteiger partial charge in [0.25, 0.3) is 10.0 Å². The van der Waals surface area contributed by atoms with Gasteiger partial charge in [-0.3, -0.25) is 4.72 Å². The predicted octanol–water partition coefficient (Wildman–Crippen LogP) is 4.61. The molecule has 1 aliphatic rings. The van der Waals surface area contributed by atoms with Crippen LogP contribution in [0, 0.1) is 12.7 Å². The zero-order chi connectivity index (χ0) is 22.9. The molecule has 2 N–H and O–H groups in total. The molecule has 1 amide bonds. The second kappa shape index (κ2) is 8.66. The number of nitrogens with one attached hydrogen (secondary N) is 1. The van der Waals surface area contributed by atoms with Crippen LogP contribution in [0.25, 0.3) is 10.8 Å². The second-order valence-corrected chi connectivity index (χ2v) is 9.41. The van der Waals surface area contributed by atoms with Crippen molar-refractivity contribution < 1.29 is 27.4 Å². The Morgan fingerprint density at radius 2 is 1.78 bits per heavy atom. The lowest BCUT2D eigenvalue weighted by atomic mass is 10.1. The Labute approximate surface area is 185 Å². The minimum absolute atomic E-state index is 0.118. The molecule has 1 fully saturated rings. The van der Waals surface area contributed by atoms with Crippen molar-refractivity contribution in [1.82, 2.24) is 4.90 Å². The number of hydrogen-bond acceptors (Lipinski definition) is 4. The van der Waals surface area contributed by atoms with Crippen molar-refractivity contribution in [3.05, 3.63) is 66.0 Å². The summed E-state index contributed by atoms with van der Waals surface area (Å²) in [5, 5.41) is 10.5. The molecule has 3 aromatic rings. The van der Waals surface area contributed by atoms with Gasteiger partial charge in [0.05, 0.1) is 10.6 Å². The van der Waals surface area contributed by atoms with Gasteiger partial charge in [0.1, 0.15) is 17.7 Å². The van der Waals surface area contributed by atoms with Crippen molar-refractivity contribution in [3.63, 3.8) is 0 Å². The number of piperidine rings is 1. The summed E-state index contributed by atoms with van der Waals surface area (Å²) in [6.07, 6.45) is 0.0902. The fourth-order valence-corrected chi connectivity index (χ4v) is 5.21. The monoisotopic (exact) mass is 458 g/mol. The first-order valence-electron chi connectivity index (χ1n) is 10.2. The number of carboxylic acid groups (broad SMARTS) is 1. The normalized spacial score (nSPS) is 15.0. The number of likely N-dealkylation sites (tertiary alicyclic amines) is 1. The van der Waals surface area contributed by atoms with Gasteiger partial charge in [-0.25, -0.2) is 17.6 Å². The summed E-state index contributed by atoms with van der Waals surface area (Å²) in [5.41, 5.74) is 0.799. The van der Waals surface area contributed by atoms with Gasteiger partial charge in [0, 0.05) is 36.7 Å². The summed E-state index contributed by atoms with van der Waals surface area (Å²) in [5.74, 6) is -0.0298. The maximum absolute atomic E-state index is 13.7. The summed E-state index contributed by atoms with van der Waals surface area (Å²) in [6.45, 7) is 2.42. The molecule has 0 unspecified atom stereocenters. The van der Waals surface area contributed by atoms with Crippen molar-refractivity contribution in [2.75, 3.05) is 17.8 Å². The van der Waals surface area contributed by atoms with Crippen LogP contribution in [0.2, 0.25) is 0 Å². The van der Waals surface area contributed by atoms with E-state index in [1.807, 2.05) is 12.1 Å². The molecule has 1 saturated heterocycles. The van der Waals surface area contributed by atoms with Crippen molar-refractivity contribution in [3.8, 4) is 5.75 Å². The molecule has 0 radical (unpaired) electrons. The van der Waals surface area contributed by atoms with Crippen LogP contribution in [0.1, 0.15) is 18.4 Å². The van der Waals surface area contributed by atoms with E-state index < -0.39 is 21.9 Å². The van der Waals surface area contributed by atoms with E-state index in [9.17, 15) is 17.6 Å². The Kier molecular flexibility index (Phi) is 5.92. The van der Waals surface area contributed by atoms with Crippen molar-refractivity contribution in [2.24, 2.45) is 0 Å². The lowest BCUT2D eigenvalue weighted by Gasteiger charge is -2.30. The van der Waals surface area contributed by atoms with Crippen LogP contribution >= 0.6 is 0 Å². The molecule has 0 saturated carbocycles. The summed E-state index contributed by atoms with van der Waals surface area (Å²) < 4.78 is 48.3. The molecule has 9 heteroatoms. The molecule has 0 aliphatic carbocycles. The zero-order valence-electron chi connectivity index (χ0n) is 17.4. The Balaban J connectivity index is 1.61. The number of anilines is 1. The third-order valence-corrected chi connectivity index (χ3v) is 7.08. The second-order valence-electron chi connectivity index (χ2n) is 7.76. The van der Waals surface area contributed by atoms with E-state index in [2.05, 4.69) is 4.72 Å². The van der Waals surface area contributed by atoms with Gasteiger partial charge in [-0.2, -0.15) is 0 Å². The van der Waals surface area contributed by atoms with E-state index in [-0.39, 0.29) is 11.0 Å². The topological polar surface area (TPSA) is 95.9 Å². The van der Waals surface area contributed by atoms with Crippen LogP contribution < -0.4 is 9.46 Å². The number of benzene rings is 3. The number of hydrogen-bond donors (Lipinski definition) is 2. The summed E-state index contributed by atoms with van der Waals surface area (Å²) in [7, 11) is -4.00. The van der Waals surface area contributed by atoms with E-state index in [0.29, 0.717) is 48.3 Å². The summed E-state index contributed by atoms with van der Waals surface area (Å²) >= 11 is 0. The van der Waals surface area contributed by atoms with Gasteiger partial charge in [0.2, 0.25) is 0 Å². The van der Waals surface area contributed by atoms with Gasteiger partial charge >= 0.3 is 6.09 Å². The smallest absolute Gasteiger partial charge is 0.407 e. The van der Waals surface area contributed by atoms with Crippen molar-refractivity contribution >= 4 is 32.6 Å². The fraction of sp³-hybridized carbons (Fsp3) is 0.261. The van der Waals surface area contributed by atoms with E-state index in [0.717, 1.165) is 11.5 Å². The van der Waals surface area contributed by atoms with Crippen LogP contribution in [0.15, 0.2) is 59.5 Å². The van der Waals surface area contributed by atoms with Gasteiger partial charge in [-0.15, -0.1) is 0 Å². The third-order valence-electron chi connectivity index (χ3n) is 5.57. The van der Waals surface area contributed by atoms with Gasteiger partial charge in [-0.05, 0) is 36.8 Å². The van der Waals surface area contributed by atoms with Crippen LogP contribution in [-0.2, 0) is 10.0 Å². The first-order chi connectivity index (χ1) is 15.2. The average Bonchev–Trinajstić information content (AvgIpc) is 2.77. The highest BCUT2D eigenvalue weighted by Gasteiger charge is 2.24. The number of carbonyl (C=O) groups is 1. The van der Waals surface area contributed by atoms with Gasteiger partial charge < -0.3 is 14.7 Å². The Morgan fingerprint density at radius 1 is 1.09 bits per heavy atom. The number of aryl methyl sites for hydroxylation is 1. The molecule has 7 nitrogen and oxygen atoms in total. The predicted molar refractivity (Wildman–Crippen MR) is 119 cm³/mol. The quantitative estimate of drug-likeness (QED) is 0.582. The van der Waals surface area contributed by atoms with Gasteiger partial charge in [0.15, 0.2) is 0 Å². The number of ether oxygens (including phenoxy) is 1. The van der Waals surface area contributed by atoms with E-state index in [1.165, 1.54) is 17.0 Å². The molecule has 0 spiro atoms. The number of sulfonamides is 1. The Hall–Kier alpha value is -3.33. The Bertz CT molecular complexity index is 1270. The maximum atomic E-state index is 13.7. The SMILES string of the molecule is Cc1ccc(F)cc1S(=O)(=O)Nc1ccc(OC2CCN(C(=O)O)CC2)c2ccccc12. The first-order valence-corrected chi connectivity index (χ1v) is 11.7. The zero-order valence-corrected chi connectivity index (χ0v) is 18.2. The lowest BCUT2D eigenvalue weighted by Crippen LogP contribution is -2.41. The Morgan fingerprint density at radius 3 is 2.47 bits per heavy atom. The number of nitrogens with zero attached hydrogens (tertiary/aromatic N) is 1. The third kappa shape index (κ3) is 4.47. The molecular formula is C23H23FN2O5S. The van der Waals surface area contributed by atoms with E-state index in [1.54, 1.807) is 31.2 Å². The van der Waals surface area contributed by atoms with Crippen LogP contribution in [-0.4, -0.2) is 43.7 Å². The molecule has 1 heterocycles. The number of rotatable bonds is 5. The number of halogens is 1. The average molecular weight is 459 g/mol. The molecule has 0 aromatic heterocycles. The molecule has 0 atom stereocenters. The summed E-state index contributed by atoms with van der Waals surface area (Å²) in [6, 6.07) is 14.2. The van der Waals surface area contributed by atoms with E-state index >= 15 is 0 Å². The molecule has 3 aromatic carbocycles. The van der Waals surface area contributed by atoms with Crippen LogP contribution in [0.3, 0.4) is 0 Å². The van der Waals surface area contributed by atoms with Crippen molar-refractivity contribution in [2.45, 2.75) is 30.8 Å². The van der Waals surface area contributed by atoms with Crippen LogP contribution in [0.5, 0.6) is 5.75 Å². The molecule has 32 heavy (non-hydrogen) atoms. The van der Waals surface area contributed by atoms with Crippen LogP contribution in [0.4, 0.5) is 14.9 Å². The summed E-state index contributed by atoms with van der Waals surface area (Å²) in [4.78, 5) is 12.3. The molecular weight excluding hydrogens is 435 g/mol. The number of fused-ring (bicyclic) bond motifs is 1. The van der Waals surface area contributed by atoms with Gasteiger partial charge in [-0.1, -0.05) is 30.3 Å². The molecule has 0 bridgehead atoms. The molecule has 1 aliphatic heterocycles. The highest BCUT2D eigenvalue weighted by atomic mass is 32.2. The number of amides is 1. The minimum Gasteiger partial charge on any atom is -0.490 e. The molecule has 168 valence electrons. The standard InChI is InChI=1S/C23H23FN2O5S/c1-15-6-7-16(24)14-22(15)32(29,30)25-20-8-9-21(19-5-3-2-4-18(19)20)31-17-10-12-26(13-11-17)23(27)28/h2-9,14,17,25H,10-13H2,1H3,(H,27,28). The maximum Gasteiger partial charge on any atom is 0.407 e. The lowest BCUT2D eigenvalue weighted by molar-refractivity contribution is 0.0902.